The third-order valence-electron chi connectivity index (χ3n) is 1.46. The standard InChI is InChI=1S/C7H17N3O2.CH4N2S/c8-5-3-1-2-4-6(9)12-7(10)11;2-1(3)4/h6H,1-5,8-9H2,(H2,10,11);(H4,2,3,4). The van der Waals surface area contributed by atoms with Gasteiger partial charge in [-0.15, -0.1) is 0 Å². The quantitative estimate of drug-likeness (QED) is 0.232. The summed E-state index contributed by atoms with van der Waals surface area (Å²) >= 11 is 4.09. The number of ether oxygens (including phenoxy) is 1. The molecule has 0 radical (unpaired) electrons. The van der Waals surface area contributed by atoms with E-state index in [2.05, 4.69) is 28.4 Å². The zero-order valence-electron chi connectivity index (χ0n) is 9.22. The fourth-order valence-corrected chi connectivity index (χ4v) is 0.875. The molecule has 0 aliphatic carbocycles. The molecule has 0 fully saturated rings. The van der Waals surface area contributed by atoms with Gasteiger partial charge in [-0.1, -0.05) is 6.42 Å². The molecule has 0 aromatic heterocycles. The summed E-state index contributed by atoms with van der Waals surface area (Å²) < 4.78 is 4.52. The Hall–Kier alpha value is -1.12. The van der Waals surface area contributed by atoms with E-state index in [4.69, 9.17) is 17.2 Å². The van der Waals surface area contributed by atoms with Crippen LogP contribution in [0.3, 0.4) is 0 Å². The fraction of sp³-hybridized carbons (Fsp3) is 0.750. The maximum Gasteiger partial charge on any atom is 0.406 e. The van der Waals surface area contributed by atoms with Crippen LogP contribution in [-0.4, -0.2) is 24.0 Å². The van der Waals surface area contributed by atoms with Crippen LogP contribution in [0.2, 0.25) is 0 Å². The summed E-state index contributed by atoms with van der Waals surface area (Å²) in [5, 5.41) is 0.000000000000000222. The molecule has 7 nitrogen and oxygen atoms in total. The largest absolute Gasteiger partial charge is 0.431 e. The monoisotopic (exact) mass is 251 g/mol. The van der Waals surface area contributed by atoms with E-state index in [1.807, 2.05) is 0 Å². The molecule has 0 saturated heterocycles. The van der Waals surface area contributed by atoms with Gasteiger partial charge in [-0.05, 0) is 38.0 Å². The van der Waals surface area contributed by atoms with Crippen molar-refractivity contribution in [3.05, 3.63) is 0 Å². The van der Waals surface area contributed by atoms with Crippen molar-refractivity contribution in [3.8, 4) is 0 Å². The number of rotatable bonds is 6. The summed E-state index contributed by atoms with van der Waals surface area (Å²) in [6.07, 6.45) is 2.14. The van der Waals surface area contributed by atoms with Crippen LogP contribution in [-0.2, 0) is 4.74 Å². The van der Waals surface area contributed by atoms with Gasteiger partial charge in [-0.2, -0.15) is 0 Å². The van der Waals surface area contributed by atoms with Crippen LogP contribution in [0.4, 0.5) is 4.79 Å². The van der Waals surface area contributed by atoms with Crippen LogP contribution >= 0.6 is 12.2 Å². The Kier molecular flexibility index (Phi) is 12.9. The van der Waals surface area contributed by atoms with Crippen molar-refractivity contribution in [3.63, 3.8) is 0 Å². The highest BCUT2D eigenvalue weighted by Crippen LogP contribution is 2.01. The summed E-state index contributed by atoms with van der Waals surface area (Å²) in [6.45, 7) is 0.686. The van der Waals surface area contributed by atoms with E-state index in [0.29, 0.717) is 13.0 Å². The number of hydrogen-bond donors (Lipinski definition) is 5. The van der Waals surface area contributed by atoms with Gasteiger partial charge in [-0.3, -0.25) is 5.73 Å². The average Bonchev–Trinajstić information content (AvgIpc) is 2.10. The number of amides is 1. The Bertz CT molecular complexity index is 199. The highest BCUT2D eigenvalue weighted by atomic mass is 32.1. The summed E-state index contributed by atoms with van der Waals surface area (Å²) in [5.74, 6) is 0. The Morgan fingerprint density at radius 2 is 1.69 bits per heavy atom. The summed E-state index contributed by atoms with van der Waals surface area (Å²) in [6, 6.07) is 0. The van der Waals surface area contributed by atoms with Gasteiger partial charge in [0.25, 0.3) is 0 Å². The molecule has 96 valence electrons. The van der Waals surface area contributed by atoms with Crippen molar-refractivity contribution >= 4 is 23.4 Å². The first kappa shape index (κ1) is 17.3. The van der Waals surface area contributed by atoms with E-state index in [1.54, 1.807) is 0 Å². The van der Waals surface area contributed by atoms with Gasteiger partial charge in [-0.25, -0.2) is 4.79 Å². The molecule has 16 heavy (non-hydrogen) atoms. The Labute approximate surface area is 101 Å². The zero-order valence-corrected chi connectivity index (χ0v) is 10.0. The van der Waals surface area contributed by atoms with Crippen LogP contribution in [0, 0.1) is 0 Å². The Balaban J connectivity index is 0. The van der Waals surface area contributed by atoms with Gasteiger partial charge in [0.2, 0.25) is 0 Å². The molecular weight excluding hydrogens is 230 g/mol. The van der Waals surface area contributed by atoms with E-state index < -0.39 is 12.3 Å². The minimum absolute atomic E-state index is 0.000000000000000222. The van der Waals surface area contributed by atoms with Crippen LogP contribution in [0.15, 0.2) is 0 Å². The van der Waals surface area contributed by atoms with Crippen LogP contribution in [0.5, 0.6) is 0 Å². The molecule has 0 aliphatic heterocycles. The molecule has 1 amide bonds. The minimum Gasteiger partial charge on any atom is -0.431 e. The van der Waals surface area contributed by atoms with Crippen LogP contribution in [0.25, 0.3) is 0 Å². The predicted molar refractivity (Wildman–Crippen MR) is 67.1 cm³/mol. The lowest BCUT2D eigenvalue weighted by Crippen LogP contribution is -2.29. The van der Waals surface area contributed by atoms with E-state index in [0.717, 1.165) is 19.3 Å². The van der Waals surface area contributed by atoms with Crippen molar-refractivity contribution in [2.45, 2.75) is 31.9 Å². The van der Waals surface area contributed by atoms with Gasteiger partial charge in [0, 0.05) is 0 Å². The summed E-state index contributed by atoms with van der Waals surface area (Å²) in [7, 11) is 0. The highest BCUT2D eigenvalue weighted by molar-refractivity contribution is 7.80. The van der Waals surface area contributed by atoms with E-state index >= 15 is 0 Å². The van der Waals surface area contributed by atoms with Crippen molar-refractivity contribution in [2.75, 3.05) is 6.54 Å². The SMILES string of the molecule is NC(N)=S.NCCCCCC(N)OC(N)=O. The molecule has 0 bridgehead atoms. The van der Waals surface area contributed by atoms with Gasteiger partial charge in [0.05, 0.1) is 0 Å². The zero-order chi connectivity index (χ0) is 13.0. The first-order valence-electron chi connectivity index (χ1n) is 4.86. The maximum atomic E-state index is 10.2. The molecule has 0 spiro atoms. The van der Waals surface area contributed by atoms with Gasteiger partial charge in [0.15, 0.2) is 11.3 Å². The van der Waals surface area contributed by atoms with Crippen molar-refractivity contribution < 1.29 is 9.53 Å². The van der Waals surface area contributed by atoms with E-state index in [9.17, 15) is 4.79 Å². The van der Waals surface area contributed by atoms with Crippen LogP contribution < -0.4 is 28.7 Å². The van der Waals surface area contributed by atoms with Crippen LogP contribution in [0.1, 0.15) is 25.7 Å². The smallest absolute Gasteiger partial charge is 0.406 e. The third kappa shape index (κ3) is 23.1. The molecule has 1 unspecified atom stereocenters. The number of unbranched alkanes of at least 4 members (excludes halogenated alkanes) is 2. The number of carbonyl (C=O) groups is 1. The number of carbonyl (C=O) groups excluding carboxylic acids is 1. The van der Waals surface area contributed by atoms with Crippen molar-refractivity contribution in [1.82, 2.24) is 0 Å². The molecular formula is C8H21N5O2S. The summed E-state index contributed by atoms with van der Waals surface area (Å²) in [4.78, 5) is 10.2. The molecule has 10 N–H and O–H groups in total. The van der Waals surface area contributed by atoms with E-state index in [1.165, 1.54) is 0 Å². The second-order valence-corrected chi connectivity index (χ2v) is 3.49. The number of thiocarbonyl (C=S) groups is 1. The molecule has 0 rings (SSSR count). The molecule has 1 atom stereocenters. The van der Waals surface area contributed by atoms with Gasteiger partial charge >= 0.3 is 6.09 Å². The Morgan fingerprint density at radius 1 is 1.19 bits per heavy atom. The van der Waals surface area contributed by atoms with Gasteiger partial charge < -0.3 is 27.7 Å². The average molecular weight is 251 g/mol. The highest BCUT2D eigenvalue weighted by Gasteiger charge is 2.04. The Morgan fingerprint density at radius 3 is 2.06 bits per heavy atom. The van der Waals surface area contributed by atoms with Gasteiger partial charge in [0.1, 0.15) is 0 Å². The molecule has 8 heteroatoms. The first-order chi connectivity index (χ1) is 7.40. The molecule has 0 aromatic carbocycles. The predicted octanol–water partition coefficient (Wildman–Crippen LogP) is -0.926. The lowest BCUT2D eigenvalue weighted by atomic mass is 10.2. The molecule has 0 aliphatic rings. The lowest BCUT2D eigenvalue weighted by Gasteiger charge is -2.10. The second-order valence-electron chi connectivity index (χ2n) is 3.02. The number of hydrogen-bond acceptors (Lipinski definition) is 5. The minimum atomic E-state index is -0.818. The van der Waals surface area contributed by atoms with Crippen molar-refractivity contribution in [2.24, 2.45) is 28.7 Å². The molecule has 0 saturated carbocycles. The topological polar surface area (TPSA) is 156 Å². The van der Waals surface area contributed by atoms with Crippen molar-refractivity contribution in [1.29, 1.82) is 0 Å². The first-order valence-corrected chi connectivity index (χ1v) is 5.27. The number of primary amides is 1. The molecule has 0 heterocycles. The number of nitrogens with two attached hydrogens (primary N) is 5. The fourth-order valence-electron chi connectivity index (χ4n) is 0.875. The molecule has 0 aromatic rings. The van der Waals surface area contributed by atoms with E-state index in [-0.39, 0.29) is 5.11 Å². The summed E-state index contributed by atoms with van der Waals surface area (Å²) in [5.41, 5.74) is 24.7. The normalized spacial score (nSPS) is 10.9. The second kappa shape index (κ2) is 12.0. The maximum absolute atomic E-state index is 10.2. The third-order valence-corrected chi connectivity index (χ3v) is 1.46. The lowest BCUT2D eigenvalue weighted by molar-refractivity contribution is 0.103.